The summed E-state index contributed by atoms with van der Waals surface area (Å²) in [5.74, 6) is 0.195. The Morgan fingerprint density at radius 3 is 2.79 bits per heavy atom. The quantitative estimate of drug-likeness (QED) is 0.709. The molecular formula is C10H20N2O2. The molecule has 4 heteroatoms. The van der Waals surface area contributed by atoms with E-state index < -0.39 is 0 Å². The highest BCUT2D eigenvalue weighted by Gasteiger charge is 2.30. The summed E-state index contributed by atoms with van der Waals surface area (Å²) in [7, 11) is 1.80. The molecule has 1 aliphatic rings. The molecule has 0 spiro atoms. The van der Waals surface area contributed by atoms with Crippen molar-refractivity contribution in [2.75, 3.05) is 20.2 Å². The van der Waals surface area contributed by atoms with Crippen LogP contribution in [0.4, 0.5) is 0 Å². The van der Waals surface area contributed by atoms with E-state index in [-0.39, 0.29) is 24.0 Å². The molecule has 0 aromatic heterocycles. The summed E-state index contributed by atoms with van der Waals surface area (Å²) in [5, 5.41) is 0. The zero-order valence-corrected chi connectivity index (χ0v) is 9.19. The standard InChI is InChI=1S/C10H20N2O2/c1-7(11)5-12(3)10(13)9-4-8(2)14-6-9/h7-9H,4-6,11H2,1-3H3. The number of amides is 1. The monoisotopic (exact) mass is 200 g/mol. The first-order valence-corrected chi connectivity index (χ1v) is 5.13. The van der Waals surface area contributed by atoms with Gasteiger partial charge < -0.3 is 15.4 Å². The van der Waals surface area contributed by atoms with Crippen LogP contribution >= 0.6 is 0 Å². The maximum atomic E-state index is 11.8. The van der Waals surface area contributed by atoms with E-state index in [0.717, 1.165) is 6.42 Å². The Balaban J connectivity index is 2.40. The Morgan fingerprint density at radius 2 is 2.36 bits per heavy atom. The molecule has 82 valence electrons. The van der Waals surface area contributed by atoms with Crippen LogP contribution in [0.25, 0.3) is 0 Å². The molecule has 3 atom stereocenters. The molecule has 0 aromatic carbocycles. The number of likely N-dealkylation sites (N-methyl/N-ethyl adjacent to an activating group) is 1. The van der Waals surface area contributed by atoms with Crippen molar-refractivity contribution in [1.29, 1.82) is 0 Å². The number of carbonyl (C=O) groups is 1. The highest BCUT2D eigenvalue weighted by Crippen LogP contribution is 2.20. The molecule has 1 saturated heterocycles. The van der Waals surface area contributed by atoms with E-state index in [1.54, 1.807) is 11.9 Å². The van der Waals surface area contributed by atoms with Gasteiger partial charge in [-0.2, -0.15) is 0 Å². The van der Waals surface area contributed by atoms with Crippen LogP contribution in [0.15, 0.2) is 0 Å². The van der Waals surface area contributed by atoms with Gasteiger partial charge in [0.05, 0.1) is 18.6 Å². The Labute approximate surface area is 85.4 Å². The molecule has 0 saturated carbocycles. The Morgan fingerprint density at radius 1 is 1.71 bits per heavy atom. The zero-order valence-electron chi connectivity index (χ0n) is 9.19. The van der Waals surface area contributed by atoms with Gasteiger partial charge in [-0.15, -0.1) is 0 Å². The van der Waals surface area contributed by atoms with Crippen LogP contribution in [0.2, 0.25) is 0 Å². The van der Waals surface area contributed by atoms with Gasteiger partial charge in [-0.25, -0.2) is 0 Å². The van der Waals surface area contributed by atoms with Gasteiger partial charge in [-0.1, -0.05) is 0 Å². The van der Waals surface area contributed by atoms with Crippen molar-refractivity contribution in [3.05, 3.63) is 0 Å². The van der Waals surface area contributed by atoms with Gasteiger partial charge in [0.25, 0.3) is 0 Å². The van der Waals surface area contributed by atoms with Gasteiger partial charge in [-0.3, -0.25) is 4.79 Å². The van der Waals surface area contributed by atoms with Crippen LogP contribution in [0.1, 0.15) is 20.3 Å². The highest BCUT2D eigenvalue weighted by molar-refractivity contribution is 5.79. The second-order valence-corrected chi connectivity index (χ2v) is 4.27. The zero-order chi connectivity index (χ0) is 10.7. The lowest BCUT2D eigenvalue weighted by Crippen LogP contribution is -2.40. The minimum absolute atomic E-state index is 0.0312. The van der Waals surface area contributed by atoms with Gasteiger partial charge in [-0.05, 0) is 20.3 Å². The van der Waals surface area contributed by atoms with Crippen LogP contribution in [0, 0.1) is 5.92 Å². The first-order valence-electron chi connectivity index (χ1n) is 5.13. The topological polar surface area (TPSA) is 55.6 Å². The SMILES string of the molecule is CC(N)CN(C)C(=O)C1COC(C)C1. The second-order valence-electron chi connectivity index (χ2n) is 4.27. The number of nitrogens with two attached hydrogens (primary N) is 1. The van der Waals surface area contributed by atoms with Crippen molar-refractivity contribution < 1.29 is 9.53 Å². The van der Waals surface area contributed by atoms with Gasteiger partial charge in [0, 0.05) is 19.6 Å². The van der Waals surface area contributed by atoms with Gasteiger partial charge in [0.15, 0.2) is 0 Å². The molecule has 14 heavy (non-hydrogen) atoms. The van der Waals surface area contributed by atoms with Crippen LogP contribution in [-0.2, 0) is 9.53 Å². The van der Waals surface area contributed by atoms with Crippen LogP contribution in [-0.4, -0.2) is 43.2 Å². The summed E-state index contributed by atoms with van der Waals surface area (Å²) in [6, 6.07) is 0.0312. The predicted molar refractivity (Wildman–Crippen MR) is 54.8 cm³/mol. The lowest BCUT2D eigenvalue weighted by molar-refractivity contribution is -0.134. The van der Waals surface area contributed by atoms with E-state index in [1.807, 2.05) is 13.8 Å². The van der Waals surface area contributed by atoms with E-state index in [1.165, 1.54) is 0 Å². The molecule has 2 N–H and O–H groups in total. The van der Waals surface area contributed by atoms with Crippen molar-refractivity contribution in [2.24, 2.45) is 11.7 Å². The lowest BCUT2D eigenvalue weighted by atomic mass is 10.0. The summed E-state index contributed by atoms with van der Waals surface area (Å²) in [6.07, 6.45) is 1.05. The number of nitrogens with zero attached hydrogens (tertiary/aromatic N) is 1. The number of ether oxygens (including phenoxy) is 1. The maximum Gasteiger partial charge on any atom is 0.227 e. The third-order valence-electron chi connectivity index (χ3n) is 2.49. The molecule has 0 radical (unpaired) electrons. The molecular weight excluding hydrogens is 180 g/mol. The predicted octanol–water partition coefficient (Wildman–Crippen LogP) is 0.217. The molecule has 0 aromatic rings. The third-order valence-corrected chi connectivity index (χ3v) is 2.49. The average molecular weight is 200 g/mol. The van der Waals surface area contributed by atoms with Gasteiger partial charge >= 0.3 is 0 Å². The average Bonchev–Trinajstić information content (AvgIpc) is 2.49. The van der Waals surface area contributed by atoms with Crippen molar-refractivity contribution in [3.63, 3.8) is 0 Å². The summed E-state index contributed by atoms with van der Waals surface area (Å²) in [6.45, 7) is 5.07. The normalized spacial score (nSPS) is 28.9. The second kappa shape index (κ2) is 4.75. The summed E-state index contributed by atoms with van der Waals surface area (Å²) in [4.78, 5) is 13.5. The summed E-state index contributed by atoms with van der Waals surface area (Å²) in [5.41, 5.74) is 5.63. The molecule has 1 aliphatic heterocycles. The van der Waals surface area contributed by atoms with Crippen molar-refractivity contribution in [2.45, 2.75) is 32.4 Å². The summed E-state index contributed by atoms with van der Waals surface area (Å²) >= 11 is 0. The van der Waals surface area contributed by atoms with Crippen LogP contribution < -0.4 is 5.73 Å². The Hall–Kier alpha value is -0.610. The molecule has 0 aliphatic carbocycles. The largest absolute Gasteiger partial charge is 0.378 e. The molecule has 3 unspecified atom stereocenters. The van der Waals surface area contributed by atoms with Crippen LogP contribution in [0.3, 0.4) is 0 Å². The van der Waals surface area contributed by atoms with Crippen molar-refractivity contribution in [1.82, 2.24) is 4.90 Å². The van der Waals surface area contributed by atoms with E-state index in [2.05, 4.69) is 0 Å². The molecule has 1 fully saturated rings. The smallest absolute Gasteiger partial charge is 0.227 e. The first kappa shape index (κ1) is 11.5. The number of hydrogen-bond acceptors (Lipinski definition) is 3. The number of carbonyl (C=O) groups excluding carboxylic acids is 1. The molecule has 1 rings (SSSR count). The maximum absolute atomic E-state index is 11.8. The lowest BCUT2D eigenvalue weighted by Gasteiger charge is -2.22. The minimum Gasteiger partial charge on any atom is -0.378 e. The van der Waals surface area contributed by atoms with E-state index in [4.69, 9.17) is 10.5 Å². The Kier molecular flexibility index (Phi) is 3.89. The molecule has 1 heterocycles. The van der Waals surface area contributed by atoms with Crippen molar-refractivity contribution >= 4 is 5.91 Å². The molecule has 0 bridgehead atoms. The molecule has 4 nitrogen and oxygen atoms in total. The van der Waals surface area contributed by atoms with E-state index >= 15 is 0 Å². The third kappa shape index (κ3) is 2.96. The fraction of sp³-hybridized carbons (Fsp3) is 0.900. The van der Waals surface area contributed by atoms with Crippen LogP contribution in [0.5, 0.6) is 0 Å². The van der Waals surface area contributed by atoms with Crippen molar-refractivity contribution in [3.8, 4) is 0 Å². The highest BCUT2D eigenvalue weighted by atomic mass is 16.5. The fourth-order valence-corrected chi connectivity index (χ4v) is 1.82. The summed E-state index contributed by atoms with van der Waals surface area (Å²) < 4.78 is 5.36. The molecule has 1 amide bonds. The number of hydrogen-bond donors (Lipinski definition) is 1. The van der Waals surface area contributed by atoms with Gasteiger partial charge in [0.1, 0.15) is 0 Å². The van der Waals surface area contributed by atoms with E-state index in [0.29, 0.717) is 13.2 Å². The Bertz CT molecular complexity index is 206. The fourth-order valence-electron chi connectivity index (χ4n) is 1.82. The number of rotatable bonds is 3. The van der Waals surface area contributed by atoms with E-state index in [9.17, 15) is 4.79 Å². The van der Waals surface area contributed by atoms with Gasteiger partial charge in [0.2, 0.25) is 5.91 Å². The minimum atomic E-state index is 0.0312. The first-order chi connectivity index (χ1) is 6.50.